The quantitative estimate of drug-likeness (QED) is 0.430. The van der Waals surface area contributed by atoms with Crippen LogP contribution in [-0.4, -0.2) is 42.2 Å². The number of aromatic nitrogens is 2. The number of benzene rings is 1. The number of nitrogens with zero attached hydrogens (tertiary/aromatic N) is 2. The zero-order valence-electron chi connectivity index (χ0n) is 16.9. The molecule has 1 atom stereocenters. The SMILES string of the molecule is COc1cc(Nc2ncc(Br)c(N[C@H](C)C(C)(C)O)n2)cc(C(F)(F)F)c1S(N)(=O)=O. The molecule has 0 saturated heterocycles. The number of hydrogen-bond donors (Lipinski definition) is 4. The molecule has 0 aliphatic rings. The molecule has 31 heavy (non-hydrogen) atoms. The molecule has 1 aromatic carbocycles. The fourth-order valence-electron chi connectivity index (χ4n) is 2.37. The van der Waals surface area contributed by atoms with Crippen LogP contribution >= 0.6 is 15.9 Å². The number of halogens is 4. The number of methoxy groups -OCH3 is 1. The summed E-state index contributed by atoms with van der Waals surface area (Å²) in [6, 6.07) is 1.17. The first-order valence-electron chi connectivity index (χ1n) is 8.64. The molecule has 14 heteroatoms. The summed E-state index contributed by atoms with van der Waals surface area (Å²) in [6.07, 6.45) is -3.67. The van der Waals surface area contributed by atoms with E-state index in [1.807, 2.05) is 0 Å². The van der Waals surface area contributed by atoms with E-state index in [9.17, 15) is 26.7 Å². The molecule has 0 amide bonds. The molecule has 2 aromatic rings. The number of nitrogens with two attached hydrogens (primary N) is 1. The summed E-state index contributed by atoms with van der Waals surface area (Å²) in [6.45, 7) is 4.90. The number of primary sulfonamides is 1. The summed E-state index contributed by atoms with van der Waals surface area (Å²) < 4.78 is 69.3. The van der Waals surface area contributed by atoms with Crippen LogP contribution in [0.4, 0.5) is 30.6 Å². The number of anilines is 3. The van der Waals surface area contributed by atoms with Crippen molar-refractivity contribution in [2.24, 2.45) is 5.14 Å². The van der Waals surface area contributed by atoms with E-state index in [0.717, 1.165) is 13.2 Å². The van der Waals surface area contributed by atoms with Crippen LogP contribution in [0.2, 0.25) is 0 Å². The second kappa shape index (κ2) is 8.76. The maximum Gasteiger partial charge on any atom is 0.417 e. The summed E-state index contributed by atoms with van der Waals surface area (Å²) in [5.74, 6) is -0.408. The number of hydrogen-bond acceptors (Lipinski definition) is 8. The van der Waals surface area contributed by atoms with Crippen molar-refractivity contribution < 1.29 is 31.4 Å². The van der Waals surface area contributed by atoms with E-state index in [-0.39, 0.29) is 17.5 Å². The molecule has 0 aliphatic heterocycles. The Labute approximate surface area is 185 Å². The summed E-state index contributed by atoms with van der Waals surface area (Å²) in [7, 11) is -3.71. The fourth-order valence-corrected chi connectivity index (χ4v) is 3.58. The Morgan fingerprint density at radius 2 is 1.90 bits per heavy atom. The topological polar surface area (TPSA) is 139 Å². The monoisotopic (exact) mass is 527 g/mol. The van der Waals surface area contributed by atoms with E-state index in [0.29, 0.717) is 10.5 Å². The van der Waals surface area contributed by atoms with Crippen LogP contribution in [0, 0.1) is 0 Å². The zero-order chi connectivity index (χ0) is 23.8. The van der Waals surface area contributed by atoms with Gasteiger partial charge >= 0.3 is 6.18 Å². The van der Waals surface area contributed by atoms with Gasteiger partial charge < -0.3 is 20.5 Å². The highest BCUT2D eigenvalue weighted by Crippen LogP contribution is 2.41. The van der Waals surface area contributed by atoms with Crippen LogP contribution < -0.4 is 20.5 Å². The van der Waals surface area contributed by atoms with Crippen molar-refractivity contribution >= 4 is 43.4 Å². The molecule has 0 unspecified atom stereocenters. The highest BCUT2D eigenvalue weighted by atomic mass is 79.9. The molecule has 0 aliphatic carbocycles. The maximum absolute atomic E-state index is 13.5. The molecular formula is C17H21BrF3N5O4S. The first-order chi connectivity index (χ1) is 14.0. The Kier molecular flexibility index (Phi) is 7.10. The van der Waals surface area contributed by atoms with E-state index < -0.39 is 44.1 Å². The summed E-state index contributed by atoms with van der Waals surface area (Å²) in [4.78, 5) is 6.99. The van der Waals surface area contributed by atoms with Crippen LogP contribution in [0.3, 0.4) is 0 Å². The predicted molar refractivity (Wildman–Crippen MR) is 112 cm³/mol. The largest absolute Gasteiger partial charge is 0.495 e. The van der Waals surface area contributed by atoms with Gasteiger partial charge in [0.15, 0.2) is 0 Å². The Morgan fingerprint density at radius 1 is 1.29 bits per heavy atom. The lowest BCUT2D eigenvalue weighted by Crippen LogP contribution is -2.39. The Bertz CT molecular complexity index is 1070. The molecule has 5 N–H and O–H groups in total. The predicted octanol–water partition coefficient (Wildman–Crippen LogP) is 3.23. The van der Waals surface area contributed by atoms with Gasteiger partial charge in [-0.1, -0.05) is 0 Å². The van der Waals surface area contributed by atoms with Crippen molar-refractivity contribution in [1.82, 2.24) is 9.97 Å². The third-order valence-corrected chi connectivity index (χ3v) is 5.85. The molecule has 2 rings (SSSR count). The number of nitrogens with one attached hydrogen (secondary N) is 2. The third kappa shape index (κ3) is 6.18. The Morgan fingerprint density at radius 3 is 2.39 bits per heavy atom. The molecule has 0 fully saturated rings. The van der Waals surface area contributed by atoms with Crippen LogP contribution in [-0.2, 0) is 16.2 Å². The van der Waals surface area contributed by atoms with Crippen LogP contribution in [0.1, 0.15) is 26.3 Å². The van der Waals surface area contributed by atoms with Gasteiger partial charge in [0.2, 0.25) is 16.0 Å². The van der Waals surface area contributed by atoms with Gasteiger partial charge in [0.25, 0.3) is 0 Å². The van der Waals surface area contributed by atoms with Crippen molar-refractivity contribution in [1.29, 1.82) is 0 Å². The first-order valence-corrected chi connectivity index (χ1v) is 11.0. The number of alkyl halides is 3. The van der Waals surface area contributed by atoms with Gasteiger partial charge in [0, 0.05) is 18.0 Å². The van der Waals surface area contributed by atoms with Gasteiger partial charge in [-0.15, -0.1) is 0 Å². The molecule has 0 radical (unpaired) electrons. The van der Waals surface area contributed by atoms with Gasteiger partial charge in [-0.3, -0.25) is 0 Å². The molecule has 0 saturated carbocycles. The number of ether oxygens (including phenoxy) is 1. The minimum absolute atomic E-state index is 0.0906. The van der Waals surface area contributed by atoms with Gasteiger partial charge in [-0.05, 0) is 42.8 Å². The molecule has 9 nitrogen and oxygen atoms in total. The summed E-state index contributed by atoms with van der Waals surface area (Å²) >= 11 is 3.26. The lowest BCUT2D eigenvalue weighted by molar-refractivity contribution is -0.140. The van der Waals surface area contributed by atoms with Gasteiger partial charge in [0.05, 0.1) is 28.8 Å². The zero-order valence-corrected chi connectivity index (χ0v) is 19.3. The van der Waals surface area contributed by atoms with Crippen LogP contribution in [0.5, 0.6) is 5.75 Å². The van der Waals surface area contributed by atoms with E-state index >= 15 is 0 Å². The van der Waals surface area contributed by atoms with Crippen molar-refractivity contribution in [2.75, 3.05) is 17.7 Å². The average Bonchev–Trinajstić information content (AvgIpc) is 2.61. The molecule has 0 bridgehead atoms. The number of rotatable bonds is 7. The van der Waals surface area contributed by atoms with E-state index in [1.54, 1.807) is 20.8 Å². The van der Waals surface area contributed by atoms with Gasteiger partial charge in [-0.25, -0.2) is 18.5 Å². The second-order valence-electron chi connectivity index (χ2n) is 7.13. The Hall–Kier alpha value is -2.16. The second-order valence-corrected chi connectivity index (χ2v) is 9.49. The number of aliphatic hydroxyl groups is 1. The number of sulfonamides is 1. The van der Waals surface area contributed by atoms with E-state index in [4.69, 9.17) is 9.88 Å². The average molecular weight is 528 g/mol. The Balaban J connectivity index is 2.51. The van der Waals surface area contributed by atoms with E-state index in [1.165, 1.54) is 6.20 Å². The van der Waals surface area contributed by atoms with Crippen molar-refractivity contribution in [3.05, 3.63) is 28.4 Å². The lowest BCUT2D eigenvalue weighted by Gasteiger charge is -2.27. The van der Waals surface area contributed by atoms with Crippen LogP contribution in [0.15, 0.2) is 27.7 Å². The first kappa shape index (κ1) is 25.1. The van der Waals surface area contributed by atoms with Crippen molar-refractivity contribution in [2.45, 2.75) is 43.5 Å². The van der Waals surface area contributed by atoms with E-state index in [2.05, 4.69) is 36.5 Å². The molecule has 1 heterocycles. The van der Waals surface area contributed by atoms with Crippen molar-refractivity contribution in [3.63, 3.8) is 0 Å². The summed E-state index contributed by atoms with van der Waals surface area (Å²) in [5.41, 5.74) is -2.76. The highest BCUT2D eigenvalue weighted by molar-refractivity contribution is 9.10. The molecule has 1 aromatic heterocycles. The third-order valence-electron chi connectivity index (χ3n) is 4.28. The normalized spacial score (nSPS) is 13.6. The lowest BCUT2D eigenvalue weighted by atomic mass is 10.0. The molecular weight excluding hydrogens is 507 g/mol. The maximum atomic E-state index is 13.5. The summed E-state index contributed by atoms with van der Waals surface area (Å²) in [5, 5.41) is 20.6. The van der Waals surface area contributed by atoms with Crippen molar-refractivity contribution in [3.8, 4) is 5.75 Å². The highest BCUT2D eigenvalue weighted by Gasteiger charge is 2.39. The molecule has 172 valence electrons. The fraction of sp³-hybridized carbons (Fsp3) is 0.412. The molecule has 0 spiro atoms. The smallest absolute Gasteiger partial charge is 0.417 e. The minimum Gasteiger partial charge on any atom is -0.495 e. The van der Waals surface area contributed by atoms with Gasteiger partial charge in [0.1, 0.15) is 16.5 Å². The minimum atomic E-state index is -5.03. The standard InChI is InChI=1S/C17H21BrF3N5O4S/c1-8(16(2,3)27)24-14-11(18)7-23-15(26-14)25-9-5-10(17(19,20)21)13(31(22,28)29)12(6-9)30-4/h5-8,27H,1-4H3,(H2,22,28,29)(H2,23,24,25,26)/t8-/m1/s1. The van der Waals surface area contributed by atoms with Crippen LogP contribution in [0.25, 0.3) is 0 Å². The van der Waals surface area contributed by atoms with Gasteiger partial charge in [-0.2, -0.15) is 18.2 Å².